The Labute approximate surface area is 79.6 Å². The minimum absolute atomic E-state index is 0.0745. The van der Waals surface area contributed by atoms with E-state index in [1.165, 1.54) is 0 Å². The Kier molecular flexibility index (Phi) is 3.27. The van der Waals surface area contributed by atoms with Crippen molar-refractivity contribution in [1.82, 2.24) is 0 Å². The van der Waals surface area contributed by atoms with Gasteiger partial charge in [0.15, 0.2) is 0 Å². The molecular weight excluding hydrogens is 218 g/mol. The molecule has 0 aliphatic heterocycles. The Balaban J connectivity index is 3.06. The van der Waals surface area contributed by atoms with Crippen molar-refractivity contribution in [2.45, 2.75) is 6.42 Å². The Morgan fingerprint density at radius 1 is 1.50 bits per heavy atom. The highest BCUT2D eigenvalue weighted by atomic mass is 79.9. The maximum Gasteiger partial charge on any atom is 0.0994 e. The van der Waals surface area contributed by atoms with Crippen molar-refractivity contribution in [3.8, 4) is 6.07 Å². The molecule has 0 spiro atoms. The summed E-state index contributed by atoms with van der Waals surface area (Å²) in [5.74, 6) is 0. The average Bonchev–Trinajstić information content (AvgIpc) is 2.05. The predicted molar refractivity (Wildman–Crippen MR) is 49.6 cm³/mol. The number of aliphatic hydroxyl groups excluding tert-OH is 1. The number of nitrogens with zero attached hydrogens (tertiary/aromatic N) is 1. The lowest BCUT2D eigenvalue weighted by molar-refractivity contribution is 0.299. The number of benzene rings is 1. The van der Waals surface area contributed by atoms with E-state index < -0.39 is 0 Å². The van der Waals surface area contributed by atoms with E-state index in [1.807, 2.05) is 12.1 Å². The van der Waals surface area contributed by atoms with Gasteiger partial charge in [-0.05, 0) is 30.2 Å². The third kappa shape index (κ3) is 2.07. The van der Waals surface area contributed by atoms with Gasteiger partial charge in [-0.2, -0.15) is 5.26 Å². The molecular formula is C9H8BrNO. The van der Waals surface area contributed by atoms with Gasteiger partial charge < -0.3 is 5.11 Å². The lowest BCUT2D eigenvalue weighted by Gasteiger charge is -2.01. The molecule has 2 nitrogen and oxygen atoms in total. The fraction of sp³-hybridized carbons (Fsp3) is 0.222. The van der Waals surface area contributed by atoms with E-state index in [4.69, 9.17) is 10.4 Å². The Morgan fingerprint density at radius 2 is 2.25 bits per heavy atom. The van der Waals surface area contributed by atoms with Crippen molar-refractivity contribution in [2.24, 2.45) is 0 Å². The van der Waals surface area contributed by atoms with E-state index in [0.29, 0.717) is 12.0 Å². The van der Waals surface area contributed by atoms with Gasteiger partial charge in [0.25, 0.3) is 0 Å². The zero-order valence-electron chi connectivity index (χ0n) is 6.42. The molecule has 0 radical (unpaired) electrons. The summed E-state index contributed by atoms with van der Waals surface area (Å²) in [6.45, 7) is 0.0745. The zero-order valence-corrected chi connectivity index (χ0v) is 8.00. The van der Waals surface area contributed by atoms with E-state index in [1.54, 1.807) is 6.07 Å². The molecule has 62 valence electrons. The van der Waals surface area contributed by atoms with Crippen molar-refractivity contribution in [3.05, 3.63) is 33.8 Å². The van der Waals surface area contributed by atoms with Crippen LogP contribution < -0.4 is 0 Å². The summed E-state index contributed by atoms with van der Waals surface area (Å²) in [6.07, 6.45) is 0.530. The minimum atomic E-state index is 0.0745. The van der Waals surface area contributed by atoms with Gasteiger partial charge in [-0.1, -0.05) is 15.9 Å². The summed E-state index contributed by atoms with van der Waals surface area (Å²) < 4.78 is 0.935. The van der Waals surface area contributed by atoms with Crippen LogP contribution in [0.2, 0.25) is 0 Å². The fourth-order valence-corrected chi connectivity index (χ4v) is 1.41. The van der Waals surface area contributed by atoms with Gasteiger partial charge in [0.05, 0.1) is 11.6 Å². The molecule has 12 heavy (non-hydrogen) atoms. The van der Waals surface area contributed by atoms with Crippen LogP contribution in [-0.2, 0) is 6.42 Å². The summed E-state index contributed by atoms with van der Waals surface area (Å²) in [7, 11) is 0. The first-order valence-corrected chi connectivity index (χ1v) is 4.36. The summed E-state index contributed by atoms with van der Waals surface area (Å²) in [6, 6.07) is 7.50. The third-order valence-electron chi connectivity index (χ3n) is 1.57. The van der Waals surface area contributed by atoms with E-state index in [0.717, 1.165) is 10.0 Å². The van der Waals surface area contributed by atoms with Gasteiger partial charge in [0.1, 0.15) is 0 Å². The quantitative estimate of drug-likeness (QED) is 0.836. The monoisotopic (exact) mass is 225 g/mol. The van der Waals surface area contributed by atoms with Crippen LogP contribution >= 0.6 is 15.9 Å². The number of rotatable bonds is 2. The lowest BCUT2D eigenvalue weighted by atomic mass is 10.1. The zero-order chi connectivity index (χ0) is 8.97. The van der Waals surface area contributed by atoms with Crippen LogP contribution in [0.1, 0.15) is 11.1 Å². The molecule has 1 aromatic carbocycles. The van der Waals surface area contributed by atoms with Crippen molar-refractivity contribution in [2.75, 3.05) is 6.61 Å². The van der Waals surface area contributed by atoms with Crippen LogP contribution in [0.5, 0.6) is 0 Å². The van der Waals surface area contributed by atoms with Crippen molar-refractivity contribution in [3.63, 3.8) is 0 Å². The first kappa shape index (κ1) is 9.24. The summed E-state index contributed by atoms with van der Waals surface area (Å²) >= 11 is 3.30. The predicted octanol–water partition coefficient (Wildman–Crippen LogP) is 1.86. The summed E-state index contributed by atoms with van der Waals surface area (Å²) in [5.41, 5.74) is 1.52. The van der Waals surface area contributed by atoms with Crippen LogP contribution in [0.25, 0.3) is 0 Å². The van der Waals surface area contributed by atoms with Gasteiger partial charge in [0, 0.05) is 11.1 Å². The molecule has 0 heterocycles. The SMILES string of the molecule is N#Cc1ccc(Br)cc1CCO. The summed E-state index contributed by atoms with van der Waals surface area (Å²) in [4.78, 5) is 0. The van der Waals surface area contributed by atoms with Crippen molar-refractivity contribution < 1.29 is 5.11 Å². The van der Waals surface area contributed by atoms with Crippen molar-refractivity contribution >= 4 is 15.9 Å². The number of nitriles is 1. The van der Waals surface area contributed by atoms with Gasteiger partial charge in [-0.3, -0.25) is 0 Å². The number of halogens is 1. The number of aliphatic hydroxyl groups is 1. The third-order valence-corrected chi connectivity index (χ3v) is 2.06. The molecule has 3 heteroatoms. The van der Waals surface area contributed by atoms with Gasteiger partial charge in [-0.15, -0.1) is 0 Å². The van der Waals surface area contributed by atoms with Crippen LogP contribution in [0.15, 0.2) is 22.7 Å². The Hall–Kier alpha value is -0.850. The maximum absolute atomic E-state index is 8.71. The van der Waals surface area contributed by atoms with Crippen LogP contribution in [0.3, 0.4) is 0 Å². The van der Waals surface area contributed by atoms with Crippen LogP contribution in [0, 0.1) is 11.3 Å². The second-order valence-electron chi connectivity index (χ2n) is 2.39. The standard InChI is InChI=1S/C9H8BrNO/c10-9-2-1-8(6-11)7(5-9)3-4-12/h1-2,5,12H,3-4H2. The van der Waals surface area contributed by atoms with Gasteiger partial charge >= 0.3 is 0 Å². The second-order valence-corrected chi connectivity index (χ2v) is 3.30. The topological polar surface area (TPSA) is 44.0 Å². The van der Waals surface area contributed by atoms with E-state index >= 15 is 0 Å². The normalized spacial score (nSPS) is 9.42. The fourth-order valence-electron chi connectivity index (χ4n) is 0.999. The Bertz CT molecular complexity index is 317. The molecule has 0 fully saturated rings. The van der Waals surface area contributed by atoms with Gasteiger partial charge in [0.2, 0.25) is 0 Å². The molecule has 0 saturated carbocycles. The van der Waals surface area contributed by atoms with E-state index in [2.05, 4.69) is 22.0 Å². The van der Waals surface area contributed by atoms with E-state index in [9.17, 15) is 0 Å². The van der Waals surface area contributed by atoms with Gasteiger partial charge in [-0.25, -0.2) is 0 Å². The highest BCUT2D eigenvalue weighted by molar-refractivity contribution is 9.10. The largest absolute Gasteiger partial charge is 0.396 e. The van der Waals surface area contributed by atoms with Crippen molar-refractivity contribution in [1.29, 1.82) is 5.26 Å². The second kappa shape index (κ2) is 4.24. The molecule has 0 aliphatic carbocycles. The number of hydrogen-bond acceptors (Lipinski definition) is 2. The summed E-state index contributed by atoms with van der Waals surface area (Å²) in [5, 5.41) is 17.4. The first-order chi connectivity index (χ1) is 5.77. The molecule has 0 aliphatic rings. The first-order valence-electron chi connectivity index (χ1n) is 3.57. The smallest absolute Gasteiger partial charge is 0.0994 e. The minimum Gasteiger partial charge on any atom is -0.396 e. The molecule has 0 bridgehead atoms. The molecule has 0 unspecified atom stereocenters. The molecule has 1 aromatic rings. The number of hydrogen-bond donors (Lipinski definition) is 1. The molecule has 1 N–H and O–H groups in total. The highest BCUT2D eigenvalue weighted by Crippen LogP contribution is 2.16. The van der Waals surface area contributed by atoms with E-state index in [-0.39, 0.29) is 6.61 Å². The maximum atomic E-state index is 8.71. The lowest BCUT2D eigenvalue weighted by Crippen LogP contribution is -1.94. The molecule has 0 aromatic heterocycles. The average molecular weight is 226 g/mol. The Morgan fingerprint density at radius 3 is 2.83 bits per heavy atom. The molecule has 0 amide bonds. The molecule has 0 atom stereocenters. The highest BCUT2D eigenvalue weighted by Gasteiger charge is 2.00. The molecule has 1 rings (SSSR count). The van der Waals surface area contributed by atoms with Crippen LogP contribution in [-0.4, -0.2) is 11.7 Å². The van der Waals surface area contributed by atoms with Crippen LogP contribution in [0.4, 0.5) is 0 Å². The molecule has 0 saturated heterocycles.